The number of hydrogen-bond donors (Lipinski definition) is 1. The average molecular weight is 348 g/mol. The van der Waals surface area contributed by atoms with E-state index in [4.69, 9.17) is 19.3 Å². The van der Waals surface area contributed by atoms with Crippen molar-refractivity contribution in [2.75, 3.05) is 26.4 Å². The Kier molecular flexibility index (Phi) is 8.27. The summed E-state index contributed by atoms with van der Waals surface area (Å²) in [6.45, 7) is 9.47. The lowest BCUT2D eigenvalue weighted by Crippen LogP contribution is -2.31. The lowest BCUT2D eigenvalue weighted by molar-refractivity contribution is -0.0480. The molecule has 0 aliphatic carbocycles. The molecule has 2 fully saturated rings. The molecule has 24 heavy (non-hydrogen) atoms. The van der Waals surface area contributed by atoms with Crippen LogP contribution in [-0.4, -0.2) is 61.7 Å². The van der Waals surface area contributed by atoms with E-state index in [0.717, 1.165) is 13.0 Å². The highest BCUT2D eigenvalue weighted by Crippen LogP contribution is 2.22. The van der Waals surface area contributed by atoms with Crippen molar-refractivity contribution in [1.82, 2.24) is 0 Å². The lowest BCUT2D eigenvalue weighted by atomic mass is 10.0. The summed E-state index contributed by atoms with van der Waals surface area (Å²) in [5, 5.41) is 8.33. The third-order valence-electron chi connectivity index (χ3n) is 3.41. The first-order valence-corrected chi connectivity index (χ1v) is 8.13. The summed E-state index contributed by atoms with van der Waals surface area (Å²) in [5.41, 5.74) is -0.270. The number of carbonyl (C=O) groups excluding carboxylic acids is 2. The number of aliphatic hydroxyl groups excluding tert-OH is 1. The van der Waals surface area contributed by atoms with Gasteiger partial charge in [0.25, 0.3) is 0 Å². The van der Waals surface area contributed by atoms with E-state index in [-0.39, 0.29) is 24.9 Å². The van der Waals surface area contributed by atoms with Crippen molar-refractivity contribution in [3.05, 3.63) is 0 Å². The molecule has 2 saturated heterocycles. The van der Waals surface area contributed by atoms with E-state index in [1.165, 1.54) is 0 Å². The Morgan fingerprint density at radius 1 is 1.12 bits per heavy atom. The van der Waals surface area contributed by atoms with Crippen LogP contribution in [0.2, 0.25) is 0 Å². The van der Waals surface area contributed by atoms with Crippen LogP contribution in [0.15, 0.2) is 0 Å². The van der Waals surface area contributed by atoms with Gasteiger partial charge in [0.05, 0.1) is 12.2 Å². The first-order valence-electron chi connectivity index (χ1n) is 8.13. The molecule has 2 heterocycles. The standard InChI is InChI=1S/C12H22O4.C4H6O4/c1-9(2)5-6-15-12(3,4)7-10-8-14-11(13)16-10;5-1-3-2-7-4(6)8-3/h9-10H,5-8H2,1-4H3;3,5H,1-2H2. The summed E-state index contributed by atoms with van der Waals surface area (Å²) in [7, 11) is 0. The zero-order valence-corrected chi connectivity index (χ0v) is 14.8. The Morgan fingerprint density at radius 3 is 2.04 bits per heavy atom. The van der Waals surface area contributed by atoms with E-state index < -0.39 is 18.4 Å². The van der Waals surface area contributed by atoms with Crippen LogP contribution in [0, 0.1) is 5.92 Å². The second kappa shape index (κ2) is 9.68. The van der Waals surface area contributed by atoms with E-state index in [2.05, 4.69) is 23.3 Å². The Labute approximate surface area is 142 Å². The molecule has 140 valence electrons. The Morgan fingerprint density at radius 2 is 1.67 bits per heavy atom. The number of rotatable bonds is 7. The molecular weight excluding hydrogens is 320 g/mol. The zero-order valence-electron chi connectivity index (χ0n) is 14.8. The molecular formula is C16H28O8. The van der Waals surface area contributed by atoms with E-state index >= 15 is 0 Å². The quantitative estimate of drug-likeness (QED) is 0.699. The number of hydrogen-bond acceptors (Lipinski definition) is 8. The van der Waals surface area contributed by atoms with Crippen LogP contribution in [0.4, 0.5) is 9.59 Å². The van der Waals surface area contributed by atoms with Gasteiger partial charge in [-0.15, -0.1) is 0 Å². The average Bonchev–Trinajstić information content (AvgIpc) is 3.07. The molecule has 2 aliphatic heterocycles. The summed E-state index contributed by atoms with van der Waals surface area (Å²) in [6, 6.07) is 0. The highest BCUT2D eigenvalue weighted by Gasteiger charge is 2.32. The van der Waals surface area contributed by atoms with Crippen LogP contribution >= 0.6 is 0 Å². The minimum absolute atomic E-state index is 0.161. The van der Waals surface area contributed by atoms with E-state index in [1.807, 2.05) is 13.8 Å². The molecule has 2 atom stereocenters. The molecule has 0 aromatic rings. The fourth-order valence-electron chi connectivity index (χ4n) is 2.10. The van der Waals surface area contributed by atoms with Crippen molar-refractivity contribution in [3.63, 3.8) is 0 Å². The highest BCUT2D eigenvalue weighted by atomic mass is 16.8. The molecule has 0 amide bonds. The fourth-order valence-corrected chi connectivity index (χ4v) is 2.10. The molecule has 0 spiro atoms. The van der Waals surface area contributed by atoms with Crippen LogP contribution in [0.25, 0.3) is 0 Å². The molecule has 2 rings (SSSR count). The molecule has 0 aromatic heterocycles. The van der Waals surface area contributed by atoms with Crippen molar-refractivity contribution in [2.45, 2.75) is 58.3 Å². The molecule has 0 bridgehead atoms. The SMILES string of the molecule is CC(C)CCOC(C)(C)CC1COC(=O)O1.O=C1OCC(CO)O1. The number of cyclic esters (lactones) is 4. The maximum absolute atomic E-state index is 10.8. The monoisotopic (exact) mass is 348 g/mol. The van der Waals surface area contributed by atoms with Gasteiger partial charge < -0.3 is 28.8 Å². The molecule has 0 aromatic carbocycles. The molecule has 0 radical (unpaired) electrons. The lowest BCUT2D eigenvalue weighted by Gasteiger charge is -2.27. The predicted molar refractivity (Wildman–Crippen MR) is 83.6 cm³/mol. The molecule has 0 saturated carbocycles. The normalized spacial score (nSPS) is 23.1. The van der Waals surface area contributed by atoms with Crippen molar-refractivity contribution >= 4 is 12.3 Å². The van der Waals surface area contributed by atoms with Gasteiger partial charge in [0.15, 0.2) is 6.10 Å². The van der Waals surface area contributed by atoms with Gasteiger partial charge in [-0.3, -0.25) is 0 Å². The molecule has 8 heteroatoms. The van der Waals surface area contributed by atoms with Crippen molar-refractivity contribution in [2.24, 2.45) is 5.92 Å². The number of ether oxygens (including phenoxy) is 5. The fraction of sp³-hybridized carbons (Fsp3) is 0.875. The van der Waals surface area contributed by atoms with Gasteiger partial charge in [-0.2, -0.15) is 0 Å². The van der Waals surface area contributed by atoms with Gasteiger partial charge in [-0.05, 0) is 26.2 Å². The van der Waals surface area contributed by atoms with Gasteiger partial charge in [0.2, 0.25) is 0 Å². The maximum Gasteiger partial charge on any atom is 0.508 e. The van der Waals surface area contributed by atoms with Crippen molar-refractivity contribution in [1.29, 1.82) is 0 Å². The Bertz CT molecular complexity index is 407. The Balaban J connectivity index is 0.000000300. The van der Waals surface area contributed by atoms with Gasteiger partial charge in [0.1, 0.15) is 19.3 Å². The second-order valence-corrected chi connectivity index (χ2v) is 6.78. The minimum atomic E-state index is -0.691. The number of aliphatic hydroxyl groups is 1. The minimum Gasteiger partial charge on any atom is -0.430 e. The topological polar surface area (TPSA) is 101 Å². The summed E-state index contributed by atoms with van der Waals surface area (Å²) in [4.78, 5) is 20.8. The van der Waals surface area contributed by atoms with Crippen LogP contribution in [0.5, 0.6) is 0 Å². The molecule has 2 unspecified atom stereocenters. The van der Waals surface area contributed by atoms with Crippen molar-refractivity contribution < 1.29 is 38.4 Å². The zero-order chi connectivity index (χ0) is 18.2. The van der Waals surface area contributed by atoms with Gasteiger partial charge in [-0.25, -0.2) is 9.59 Å². The van der Waals surface area contributed by atoms with E-state index in [1.54, 1.807) is 0 Å². The molecule has 1 N–H and O–H groups in total. The van der Waals surface area contributed by atoms with Crippen LogP contribution < -0.4 is 0 Å². The van der Waals surface area contributed by atoms with Crippen LogP contribution in [-0.2, 0) is 23.7 Å². The third-order valence-corrected chi connectivity index (χ3v) is 3.41. The smallest absolute Gasteiger partial charge is 0.430 e. The van der Waals surface area contributed by atoms with Gasteiger partial charge in [-0.1, -0.05) is 13.8 Å². The summed E-state index contributed by atoms with van der Waals surface area (Å²) >= 11 is 0. The predicted octanol–water partition coefficient (Wildman–Crippen LogP) is 2.27. The van der Waals surface area contributed by atoms with E-state index in [0.29, 0.717) is 18.9 Å². The van der Waals surface area contributed by atoms with Gasteiger partial charge in [0, 0.05) is 13.0 Å². The molecule has 2 aliphatic rings. The van der Waals surface area contributed by atoms with Crippen molar-refractivity contribution in [3.8, 4) is 0 Å². The summed E-state index contributed by atoms with van der Waals surface area (Å²) in [6.07, 6.45) is -0.141. The van der Waals surface area contributed by atoms with Gasteiger partial charge >= 0.3 is 12.3 Å². The molecule has 8 nitrogen and oxygen atoms in total. The summed E-state index contributed by atoms with van der Waals surface area (Å²) in [5.74, 6) is 0.642. The maximum atomic E-state index is 10.8. The van der Waals surface area contributed by atoms with Crippen LogP contribution in [0.1, 0.15) is 40.5 Å². The Hall–Kier alpha value is -1.54. The first-order chi connectivity index (χ1) is 11.2. The van der Waals surface area contributed by atoms with E-state index in [9.17, 15) is 9.59 Å². The first kappa shape index (κ1) is 20.5. The summed E-state index contributed by atoms with van der Waals surface area (Å²) < 4.78 is 24.2. The second-order valence-electron chi connectivity index (χ2n) is 6.78. The third kappa shape index (κ3) is 8.35. The van der Waals surface area contributed by atoms with Crippen LogP contribution in [0.3, 0.4) is 0 Å². The highest BCUT2D eigenvalue weighted by molar-refractivity contribution is 5.62. The largest absolute Gasteiger partial charge is 0.508 e. The number of carbonyl (C=O) groups is 2.